The average molecular weight is 252 g/mol. The predicted molar refractivity (Wildman–Crippen MR) is 71.1 cm³/mol. The Kier molecular flexibility index (Phi) is 4.97. The Morgan fingerprint density at radius 3 is 2.28 bits per heavy atom. The SMILES string of the molecule is CCC(C#N)N1CCN(C(=O)NC(C)(C)C)CC1. The molecule has 0 bridgehead atoms. The van der Waals surface area contributed by atoms with Crippen LogP contribution in [0, 0.1) is 11.3 Å². The second-order valence-electron chi connectivity index (χ2n) is 5.76. The summed E-state index contributed by atoms with van der Waals surface area (Å²) in [6.07, 6.45) is 0.838. The fourth-order valence-corrected chi connectivity index (χ4v) is 2.07. The molecule has 0 aromatic heterocycles. The van der Waals surface area contributed by atoms with Crippen molar-refractivity contribution in [3.8, 4) is 6.07 Å². The zero-order chi connectivity index (χ0) is 13.8. The van der Waals surface area contributed by atoms with Crippen molar-refractivity contribution in [3.63, 3.8) is 0 Å². The Morgan fingerprint density at radius 2 is 1.89 bits per heavy atom. The van der Waals surface area contributed by atoms with Crippen molar-refractivity contribution in [1.82, 2.24) is 15.1 Å². The van der Waals surface area contributed by atoms with E-state index in [1.165, 1.54) is 0 Å². The van der Waals surface area contributed by atoms with Crippen molar-refractivity contribution in [2.24, 2.45) is 0 Å². The Morgan fingerprint density at radius 1 is 1.33 bits per heavy atom. The fourth-order valence-electron chi connectivity index (χ4n) is 2.07. The Hall–Kier alpha value is -1.28. The van der Waals surface area contributed by atoms with E-state index in [-0.39, 0.29) is 17.6 Å². The van der Waals surface area contributed by atoms with Gasteiger partial charge in [-0.05, 0) is 27.2 Å². The van der Waals surface area contributed by atoms with Crippen molar-refractivity contribution in [3.05, 3.63) is 0 Å². The second kappa shape index (κ2) is 6.05. The third-order valence-corrected chi connectivity index (χ3v) is 3.06. The zero-order valence-electron chi connectivity index (χ0n) is 11.9. The molecule has 0 radical (unpaired) electrons. The molecule has 18 heavy (non-hydrogen) atoms. The van der Waals surface area contributed by atoms with Gasteiger partial charge in [-0.3, -0.25) is 4.90 Å². The molecule has 1 saturated heterocycles. The van der Waals surface area contributed by atoms with Gasteiger partial charge in [0.15, 0.2) is 0 Å². The fraction of sp³-hybridized carbons (Fsp3) is 0.846. The lowest BCUT2D eigenvalue weighted by molar-refractivity contribution is 0.119. The molecule has 1 fully saturated rings. The topological polar surface area (TPSA) is 59.4 Å². The van der Waals surface area contributed by atoms with Crippen molar-refractivity contribution in [1.29, 1.82) is 5.26 Å². The number of nitrogens with one attached hydrogen (secondary N) is 1. The number of nitrogens with zero attached hydrogens (tertiary/aromatic N) is 3. The maximum atomic E-state index is 12.0. The van der Waals surface area contributed by atoms with Gasteiger partial charge in [-0.2, -0.15) is 5.26 Å². The number of carbonyl (C=O) groups is 1. The Labute approximate surface area is 110 Å². The quantitative estimate of drug-likeness (QED) is 0.808. The van der Waals surface area contributed by atoms with Crippen LogP contribution in [0.15, 0.2) is 0 Å². The van der Waals surface area contributed by atoms with Crippen molar-refractivity contribution >= 4 is 6.03 Å². The highest BCUT2D eigenvalue weighted by molar-refractivity contribution is 5.75. The highest BCUT2D eigenvalue weighted by Gasteiger charge is 2.26. The Bertz CT molecular complexity index is 321. The van der Waals surface area contributed by atoms with E-state index in [4.69, 9.17) is 5.26 Å². The number of piperazine rings is 1. The van der Waals surface area contributed by atoms with E-state index in [2.05, 4.69) is 16.3 Å². The van der Waals surface area contributed by atoms with Crippen LogP contribution in [0.4, 0.5) is 4.79 Å². The minimum Gasteiger partial charge on any atom is -0.333 e. The lowest BCUT2D eigenvalue weighted by Gasteiger charge is -2.37. The number of nitriles is 1. The van der Waals surface area contributed by atoms with E-state index in [0.29, 0.717) is 13.1 Å². The predicted octanol–water partition coefficient (Wildman–Crippen LogP) is 1.41. The van der Waals surface area contributed by atoms with Crippen LogP contribution in [0.1, 0.15) is 34.1 Å². The minimum absolute atomic E-state index is 0.00726. The molecule has 0 aromatic carbocycles. The maximum Gasteiger partial charge on any atom is 0.317 e. The van der Waals surface area contributed by atoms with Crippen LogP contribution in [0.25, 0.3) is 0 Å². The molecule has 1 aliphatic rings. The standard InChI is InChI=1S/C13H24N4O/c1-5-11(10-14)16-6-8-17(9-7-16)12(18)15-13(2,3)4/h11H,5-9H2,1-4H3,(H,15,18). The molecular formula is C13H24N4O. The van der Waals surface area contributed by atoms with Gasteiger partial charge in [-0.15, -0.1) is 0 Å². The minimum atomic E-state index is -0.202. The van der Waals surface area contributed by atoms with Gasteiger partial charge in [0.2, 0.25) is 0 Å². The normalized spacial score (nSPS) is 19.2. The van der Waals surface area contributed by atoms with Crippen LogP contribution in [-0.2, 0) is 0 Å². The molecule has 1 heterocycles. The first-order valence-corrected chi connectivity index (χ1v) is 6.58. The number of rotatable bonds is 2. The van der Waals surface area contributed by atoms with Crippen LogP contribution < -0.4 is 5.32 Å². The summed E-state index contributed by atoms with van der Waals surface area (Å²) in [4.78, 5) is 15.9. The molecule has 1 rings (SSSR count). The molecule has 0 spiro atoms. The molecule has 102 valence electrons. The smallest absolute Gasteiger partial charge is 0.317 e. The maximum absolute atomic E-state index is 12.0. The highest BCUT2D eigenvalue weighted by atomic mass is 16.2. The summed E-state index contributed by atoms with van der Waals surface area (Å²) in [5, 5.41) is 12.0. The highest BCUT2D eigenvalue weighted by Crippen LogP contribution is 2.10. The molecule has 0 aromatic rings. The van der Waals surface area contributed by atoms with E-state index in [0.717, 1.165) is 19.5 Å². The van der Waals surface area contributed by atoms with Crippen LogP contribution in [0.5, 0.6) is 0 Å². The lowest BCUT2D eigenvalue weighted by atomic mass is 10.1. The second-order valence-corrected chi connectivity index (χ2v) is 5.76. The first kappa shape index (κ1) is 14.8. The van der Waals surface area contributed by atoms with Gasteiger partial charge in [-0.25, -0.2) is 4.79 Å². The van der Waals surface area contributed by atoms with Gasteiger partial charge >= 0.3 is 6.03 Å². The number of hydrogen-bond acceptors (Lipinski definition) is 3. The molecule has 5 heteroatoms. The number of hydrogen-bond donors (Lipinski definition) is 1. The summed E-state index contributed by atoms with van der Waals surface area (Å²) in [7, 11) is 0. The van der Waals surface area contributed by atoms with Gasteiger partial charge < -0.3 is 10.2 Å². The zero-order valence-corrected chi connectivity index (χ0v) is 11.9. The first-order valence-electron chi connectivity index (χ1n) is 6.58. The summed E-state index contributed by atoms with van der Waals surface area (Å²) in [6, 6.07) is 2.29. The monoisotopic (exact) mass is 252 g/mol. The van der Waals surface area contributed by atoms with E-state index in [1.54, 1.807) is 0 Å². The lowest BCUT2D eigenvalue weighted by Crippen LogP contribution is -2.56. The van der Waals surface area contributed by atoms with Gasteiger partial charge in [-0.1, -0.05) is 6.92 Å². The van der Waals surface area contributed by atoms with Crippen LogP contribution >= 0.6 is 0 Å². The summed E-state index contributed by atoms with van der Waals surface area (Å²) in [6.45, 7) is 10.9. The Balaban J connectivity index is 2.45. The van der Waals surface area contributed by atoms with E-state index in [9.17, 15) is 4.79 Å². The van der Waals surface area contributed by atoms with Crippen molar-refractivity contribution in [2.45, 2.75) is 45.7 Å². The van der Waals surface area contributed by atoms with Crippen LogP contribution in [-0.4, -0.2) is 53.6 Å². The summed E-state index contributed by atoms with van der Waals surface area (Å²) < 4.78 is 0. The van der Waals surface area contributed by atoms with E-state index in [1.807, 2.05) is 32.6 Å². The number of urea groups is 1. The van der Waals surface area contributed by atoms with Crippen molar-refractivity contribution in [2.75, 3.05) is 26.2 Å². The molecule has 1 aliphatic heterocycles. The molecular weight excluding hydrogens is 228 g/mol. The van der Waals surface area contributed by atoms with Gasteiger partial charge in [0, 0.05) is 31.7 Å². The largest absolute Gasteiger partial charge is 0.333 e. The summed E-state index contributed by atoms with van der Waals surface area (Å²) in [5.74, 6) is 0. The number of carbonyl (C=O) groups excluding carboxylic acids is 1. The van der Waals surface area contributed by atoms with Crippen LogP contribution in [0.2, 0.25) is 0 Å². The van der Waals surface area contributed by atoms with Crippen molar-refractivity contribution < 1.29 is 4.79 Å². The first-order chi connectivity index (χ1) is 8.37. The molecule has 5 nitrogen and oxygen atoms in total. The average Bonchev–Trinajstić information content (AvgIpc) is 2.29. The molecule has 0 saturated carbocycles. The third-order valence-electron chi connectivity index (χ3n) is 3.06. The van der Waals surface area contributed by atoms with Gasteiger partial charge in [0.25, 0.3) is 0 Å². The van der Waals surface area contributed by atoms with Gasteiger partial charge in [0.1, 0.15) is 0 Å². The summed E-state index contributed by atoms with van der Waals surface area (Å²) >= 11 is 0. The van der Waals surface area contributed by atoms with E-state index < -0.39 is 0 Å². The molecule has 1 N–H and O–H groups in total. The molecule has 1 unspecified atom stereocenters. The molecule has 0 aliphatic carbocycles. The van der Waals surface area contributed by atoms with E-state index >= 15 is 0 Å². The third kappa shape index (κ3) is 4.19. The summed E-state index contributed by atoms with van der Waals surface area (Å²) in [5.41, 5.74) is -0.202. The van der Waals surface area contributed by atoms with Crippen LogP contribution in [0.3, 0.4) is 0 Å². The van der Waals surface area contributed by atoms with Gasteiger partial charge in [0.05, 0.1) is 12.1 Å². The molecule has 1 atom stereocenters. The number of amides is 2. The molecule has 2 amide bonds.